The van der Waals surface area contributed by atoms with E-state index >= 15 is 0 Å². The predicted octanol–water partition coefficient (Wildman–Crippen LogP) is 4.26. The zero-order valence-corrected chi connectivity index (χ0v) is 14.3. The third-order valence-electron chi connectivity index (χ3n) is 3.26. The lowest BCUT2D eigenvalue weighted by Gasteiger charge is -2.05. The highest BCUT2D eigenvalue weighted by molar-refractivity contribution is 5.67. The second kappa shape index (κ2) is 17.0. The molecule has 4 nitrogen and oxygen atoms in total. The summed E-state index contributed by atoms with van der Waals surface area (Å²) in [6, 6.07) is 0. The fourth-order valence-electron chi connectivity index (χ4n) is 1.96. The summed E-state index contributed by atoms with van der Waals surface area (Å²) in [5.41, 5.74) is 0. The summed E-state index contributed by atoms with van der Waals surface area (Å²) in [4.78, 5) is 10.2. The number of unbranched alkanes of at least 4 members (excludes halogenated alkanes) is 3. The molecular formula is C19H32O4. The average Bonchev–Trinajstić information content (AvgIpc) is 2.52. The van der Waals surface area contributed by atoms with Crippen molar-refractivity contribution in [3.05, 3.63) is 36.5 Å². The van der Waals surface area contributed by atoms with Crippen molar-refractivity contribution < 1.29 is 19.7 Å². The first-order valence-electron chi connectivity index (χ1n) is 8.59. The molecular weight excluding hydrogens is 292 g/mol. The van der Waals surface area contributed by atoms with E-state index in [4.69, 9.17) is 9.84 Å². The van der Waals surface area contributed by atoms with Crippen molar-refractivity contribution in [2.75, 3.05) is 13.2 Å². The number of carbonyl (C=O) groups is 1. The molecule has 0 aliphatic carbocycles. The number of carboxylic acids is 1. The molecule has 0 aromatic heterocycles. The molecule has 0 aliphatic rings. The number of ether oxygens (including phenoxy) is 1. The summed E-state index contributed by atoms with van der Waals surface area (Å²) in [6.45, 7) is 2.26. The molecule has 0 saturated heterocycles. The Labute approximate surface area is 140 Å². The van der Waals surface area contributed by atoms with Crippen LogP contribution < -0.4 is 0 Å². The van der Waals surface area contributed by atoms with Crippen LogP contribution in [0.3, 0.4) is 0 Å². The highest BCUT2D eigenvalue weighted by Crippen LogP contribution is 2.06. The fraction of sp³-hybridized carbons (Fsp3) is 0.632. The fourth-order valence-corrected chi connectivity index (χ4v) is 1.96. The van der Waals surface area contributed by atoms with E-state index in [2.05, 4.69) is 25.2 Å². The summed E-state index contributed by atoms with van der Waals surface area (Å²) in [7, 11) is 0. The number of aliphatic carboxylic acids is 1. The number of hydrogen-bond donors (Lipinski definition) is 2. The Morgan fingerprint density at radius 3 is 2.52 bits per heavy atom. The van der Waals surface area contributed by atoms with Gasteiger partial charge < -0.3 is 14.9 Å². The summed E-state index contributed by atoms with van der Waals surface area (Å²) >= 11 is 0. The molecule has 0 amide bonds. The van der Waals surface area contributed by atoms with Crippen molar-refractivity contribution in [3.63, 3.8) is 0 Å². The molecule has 0 radical (unpaired) electrons. The van der Waals surface area contributed by atoms with Crippen molar-refractivity contribution >= 4 is 5.97 Å². The van der Waals surface area contributed by atoms with Crippen molar-refractivity contribution in [1.82, 2.24) is 0 Å². The molecule has 0 bridgehead atoms. The van der Waals surface area contributed by atoms with E-state index in [1.807, 2.05) is 18.2 Å². The minimum absolute atomic E-state index is 0.259. The molecule has 0 fully saturated rings. The maximum absolute atomic E-state index is 10.2. The Morgan fingerprint density at radius 1 is 1.04 bits per heavy atom. The summed E-state index contributed by atoms with van der Waals surface area (Å²) in [6.07, 6.45) is 19.9. The van der Waals surface area contributed by atoms with E-state index in [-0.39, 0.29) is 12.7 Å². The van der Waals surface area contributed by atoms with Gasteiger partial charge in [-0.05, 0) is 38.5 Å². The van der Waals surface area contributed by atoms with E-state index in [1.165, 1.54) is 19.3 Å². The molecule has 0 aromatic carbocycles. The summed E-state index contributed by atoms with van der Waals surface area (Å²) in [5, 5.41) is 18.2. The van der Waals surface area contributed by atoms with Crippen LogP contribution in [0.4, 0.5) is 0 Å². The molecule has 0 rings (SSSR count). The molecule has 2 N–H and O–H groups in total. The lowest BCUT2D eigenvalue weighted by Crippen LogP contribution is -2.06. The Morgan fingerprint density at radius 2 is 1.78 bits per heavy atom. The first-order valence-corrected chi connectivity index (χ1v) is 8.59. The maximum atomic E-state index is 10.2. The number of allylic oxidation sites excluding steroid dienone is 4. The van der Waals surface area contributed by atoms with Crippen LogP contribution in [0.25, 0.3) is 0 Å². The van der Waals surface area contributed by atoms with E-state index in [1.54, 1.807) is 0 Å². The third-order valence-corrected chi connectivity index (χ3v) is 3.26. The lowest BCUT2D eigenvalue weighted by molar-refractivity contribution is -0.141. The number of hydrogen-bond acceptors (Lipinski definition) is 3. The van der Waals surface area contributed by atoms with Gasteiger partial charge in [-0.1, -0.05) is 56.2 Å². The Hall–Kier alpha value is -1.39. The molecule has 1 atom stereocenters. The molecule has 23 heavy (non-hydrogen) atoms. The SMILES string of the molecule is CCCCC/C=C\C[C@H](O)CC/C=C\C/C=C\COCC(=O)O. The molecule has 0 heterocycles. The first kappa shape index (κ1) is 21.6. The first-order chi connectivity index (χ1) is 11.2. The topological polar surface area (TPSA) is 66.8 Å². The molecule has 0 aliphatic heterocycles. The number of carboxylic acid groups (broad SMARTS) is 1. The van der Waals surface area contributed by atoms with Crippen LogP contribution in [0.2, 0.25) is 0 Å². The van der Waals surface area contributed by atoms with Gasteiger partial charge in [-0.3, -0.25) is 0 Å². The predicted molar refractivity (Wildman–Crippen MR) is 94.5 cm³/mol. The molecule has 4 heteroatoms. The van der Waals surface area contributed by atoms with Crippen LogP contribution in [0.1, 0.15) is 58.3 Å². The highest BCUT2D eigenvalue weighted by Gasteiger charge is 1.98. The van der Waals surface area contributed by atoms with Crippen LogP contribution in [0.5, 0.6) is 0 Å². The van der Waals surface area contributed by atoms with Gasteiger partial charge in [0.15, 0.2) is 0 Å². The maximum Gasteiger partial charge on any atom is 0.329 e. The van der Waals surface area contributed by atoms with Crippen molar-refractivity contribution in [2.45, 2.75) is 64.4 Å². The number of aliphatic hydroxyl groups is 1. The van der Waals surface area contributed by atoms with Crippen LogP contribution in [0.15, 0.2) is 36.5 Å². The van der Waals surface area contributed by atoms with E-state index in [9.17, 15) is 9.90 Å². The van der Waals surface area contributed by atoms with Gasteiger partial charge in [-0.2, -0.15) is 0 Å². The normalized spacial score (nSPS) is 13.5. The van der Waals surface area contributed by atoms with Crippen LogP contribution >= 0.6 is 0 Å². The summed E-state index contributed by atoms with van der Waals surface area (Å²) < 4.78 is 4.87. The highest BCUT2D eigenvalue weighted by atomic mass is 16.5. The minimum atomic E-state index is -0.951. The van der Waals surface area contributed by atoms with Crippen molar-refractivity contribution in [3.8, 4) is 0 Å². The van der Waals surface area contributed by atoms with Gasteiger partial charge >= 0.3 is 5.97 Å². The zero-order chi connectivity index (χ0) is 17.2. The van der Waals surface area contributed by atoms with E-state index in [0.717, 1.165) is 32.1 Å². The minimum Gasteiger partial charge on any atom is -0.480 e. The third kappa shape index (κ3) is 18.6. The lowest BCUT2D eigenvalue weighted by atomic mass is 10.1. The Kier molecular flexibility index (Phi) is 15.9. The van der Waals surface area contributed by atoms with Gasteiger partial charge in [0.05, 0.1) is 12.7 Å². The zero-order valence-electron chi connectivity index (χ0n) is 14.3. The number of rotatable bonds is 15. The summed E-state index contributed by atoms with van der Waals surface area (Å²) in [5.74, 6) is -0.951. The molecule has 0 saturated carbocycles. The second-order valence-corrected chi connectivity index (χ2v) is 5.52. The largest absolute Gasteiger partial charge is 0.480 e. The van der Waals surface area contributed by atoms with Gasteiger partial charge in [0.2, 0.25) is 0 Å². The van der Waals surface area contributed by atoms with Crippen LogP contribution in [-0.4, -0.2) is 35.5 Å². The molecule has 0 unspecified atom stereocenters. The van der Waals surface area contributed by atoms with Gasteiger partial charge in [0.25, 0.3) is 0 Å². The smallest absolute Gasteiger partial charge is 0.329 e. The number of aliphatic hydroxyl groups excluding tert-OH is 1. The monoisotopic (exact) mass is 324 g/mol. The van der Waals surface area contributed by atoms with Gasteiger partial charge in [-0.25, -0.2) is 4.79 Å². The van der Waals surface area contributed by atoms with Gasteiger partial charge in [0, 0.05) is 0 Å². The van der Waals surface area contributed by atoms with Crippen LogP contribution in [0, 0.1) is 0 Å². The Bertz CT molecular complexity index is 358. The second-order valence-electron chi connectivity index (χ2n) is 5.52. The average molecular weight is 324 g/mol. The van der Waals surface area contributed by atoms with Gasteiger partial charge in [0.1, 0.15) is 6.61 Å². The van der Waals surface area contributed by atoms with Crippen molar-refractivity contribution in [1.29, 1.82) is 0 Å². The van der Waals surface area contributed by atoms with Crippen molar-refractivity contribution in [2.24, 2.45) is 0 Å². The van der Waals surface area contributed by atoms with Gasteiger partial charge in [-0.15, -0.1) is 0 Å². The van der Waals surface area contributed by atoms with Crippen LogP contribution in [-0.2, 0) is 9.53 Å². The van der Waals surface area contributed by atoms with E-state index in [0.29, 0.717) is 6.61 Å². The molecule has 0 spiro atoms. The quantitative estimate of drug-likeness (QED) is 0.349. The molecule has 0 aromatic rings. The van der Waals surface area contributed by atoms with E-state index < -0.39 is 5.97 Å². The molecule has 132 valence electrons. The Balaban J connectivity index is 3.47. The standard InChI is InChI=1S/C19H32O4/c1-2-3-4-5-8-11-14-18(20)15-12-9-6-7-10-13-16-23-17-19(21)22/h6,8-11,13,18,20H,2-5,7,12,14-17H2,1H3,(H,21,22)/b9-6-,11-8-,13-10-/t18-/m0/s1.